The Morgan fingerprint density at radius 2 is 1.24 bits per heavy atom. The standard InChI is InChI=1S/C39H37N5O4S2/c1-21-20-43(3)33-11-9-26(15-27(21)33)44(25-8-10-32-24(14-25)12-13-42(32)2)38(40-41-39(44,49)50,30-16-28(22-4-5-22)34(45)18-36(30)47)31-17-29(23-6-7-23)35(46)19-37(31)48/h8-20,22-23H,4-7H2,1-3H3,(H5-,45,46,47,48,49,50)/p+1. The Bertz CT molecular complexity index is 2370. The second kappa shape index (κ2) is 10.5. The van der Waals surface area contributed by atoms with Gasteiger partial charge in [0.05, 0.1) is 11.1 Å². The van der Waals surface area contributed by atoms with Crippen molar-refractivity contribution in [2.75, 3.05) is 0 Å². The largest absolute Gasteiger partial charge is 0.508 e. The molecular weight excluding hydrogens is 667 g/mol. The summed E-state index contributed by atoms with van der Waals surface area (Å²) in [6, 6.07) is 20.7. The van der Waals surface area contributed by atoms with Crippen LogP contribution in [0, 0.1) is 6.92 Å². The van der Waals surface area contributed by atoms with Gasteiger partial charge >= 0.3 is 4.33 Å². The Morgan fingerprint density at radius 3 is 1.82 bits per heavy atom. The van der Waals surface area contributed by atoms with E-state index in [-0.39, 0.29) is 39.3 Å². The fourth-order valence-corrected chi connectivity index (χ4v) is 9.27. The molecule has 50 heavy (non-hydrogen) atoms. The Kier molecular flexibility index (Phi) is 6.58. The highest BCUT2D eigenvalue weighted by Crippen LogP contribution is 2.67. The van der Waals surface area contributed by atoms with Gasteiger partial charge < -0.3 is 29.6 Å². The number of thiol groups is 2. The third-order valence-corrected chi connectivity index (χ3v) is 11.9. The van der Waals surface area contributed by atoms with E-state index in [9.17, 15) is 20.4 Å². The van der Waals surface area contributed by atoms with Crippen LogP contribution in [-0.2, 0) is 19.8 Å². The van der Waals surface area contributed by atoms with Crippen molar-refractivity contribution in [2.45, 2.75) is 54.4 Å². The molecule has 2 aromatic heterocycles. The summed E-state index contributed by atoms with van der Waals surface area (Å²) in [5.74, 6) is -0.205. The Hall–Kier alpha value is -4.58. The lowest BCUT2D eigenvalue weighted by molar-refractivity contribution is 0.218. The zero-order chi connectivity index (χ0) is 34.9. The third-order valence-electron chi connectivity index (χ3n) is 11.2. The van der Waals surface area contributed by atoms with Crippen LogP contribution >= 0.6 is 25.3 Å². The van der Waals surface area contributed by atoms with Crippen LogP contribution in [0.1, 0.15) is 65.3 Å². The van der Waals surface area contributed by atoms with E-state index in [0.717, 1.165) is 53.1 Å². The van der Waals surface area contributed by atoms with Crippen molar-refractivity contribution >= 4 is 58.4 Å². The van der Waals surface area contributed by atoms with Gasteiger partial charge in [-0.15, -0.1) is 5.11 Å². The molecule has 3 aliphatic rings. The van der Waals surface area contributed by atoms with Crippen LogP contribution < -0.4 is 4.48 Å². The van der Waals surface area contributed by atoms with E-state index < -0.39 is 9.99 Å². The first-order valence-electron chi connectivity index (χ1n) is 16.9. The summed E-state index contributed by atoms with van der Waals surface area (Å²) in [6.45, 7) is 2.06. The number of phenolic OH excluding ortho intramolecular Hbond substituents is 4. The SMILES string of the molecule is Cc1cn(C)c2ccc([N+]3(c4ccc5c(ccn5C)c4)C(S)(S)N=NC3(c3cc(C4CC4)c(O)cc3O)c3cc(C4CC4)c(O)cc3O)cc12. The predicted molar refractivity (Wildman–Crippen MR) is 202 cm³/mol. The minimum absolute atomic E-state index is 0.000536. The molecule has 2 saturated carbocycles. The van der Waals surface area contributed by atoms with E-state index in [0.29, 0.717) is 33.6 Å². The number of hydrogen-bond donors (Lipinski definition) is 6. The second-order valence-electron chi connectivity index (χ2n) is 14.3. The lowest BCUT2D eigenvalue weighted by atomic mass is 9.82. The van der Waals surface area contributed by atoms with E-state index in [1.165, 1.54) is 12.1 Å². The monoisotopic (exact) mass is 704 g/mol. The van der Waals surface area contributed by atoms with Gasteiger partial charge in [0.25, 0.3) is 5.66 Å². The molecule has 6 aromatic rings. The maximum Gasteiger partial charge on any atom is 0.314 e. The Balaban J connectivity index is 1.50. The van der Waals surface area contributed by atoms with Gasteiger partial charge in [0.1, 0.15) is 34.4 Å². The molecule has 1 atom stereocenters. The molecule has 1 unspecified atom stereocenters. The molecule has 9 rings (SSSR count). The summed E-state index contributed by atoms with van der Waals surface area (Å²) in [4.78, 5) is 0. The van der Waals surface area contributed by atoms with E-state index in [4.69, 9.17) is 35.5 Å². The minimum atomic E-state index is -1.76. The van der Waals surface area contributed by atoms with Gasteiger partial charge in [0.2, 0.25) is 0 Å². The molecular formula is C39H38N5O4S2+. The van der Waals surface area contributed by atoms with Crippen LogP contribution in [-0.4, -0.2) is 33.9 Å². The number of aromatic nitrogens is 2. The van der Waals surface area contributed by atoms with Crippen molar-refractivity contribution in [3.63, 3.8) is 0 Å². The number of benzene rings is 4. The van der Waals surface area contributed by atoms with Crippen LogP contribution in [0.15, 0.2) is 89.4 Å². The zero-order valence-electron chi connectivity index (χ0n) is 27.9. The predicted octanol–water partition coefficient (Wildman–Crippen LogP) is 9.03. The average molecular weight is 705 g/mol. The number of rotatable bonds is 6. The molecule has 1 aliphatic heterocycles. The normalized spacial score (nSPS) is 21.1. The summed E-state index contributed by atoms with van der Waals surface area (Å²) in [5, 5.41) is 58.4. The number of azo groups is 1. The molecule has 254 valence electrons. The number of phenols is 4. The topological polar surface area (TPSA) is 116 Å². The highest BCUT2D eigenvalue weighted by atomic mass is 32.2. The fourth-order valence-electron chi connectivity index (χ4n) is 8.43. The van der Waals surface area contributed by atoms with Crippen LogP contribution in [0.3, 0.4) is 0 Å². The molecule has 0 radical (unpaired) electrons. The van der Waals surface area contributed by atoms with Gasteiger partial charge in [-0.05, 0) is 91.5 Å². The van der Waals surface area contributed by atoms with Gasteiger partial charge in [0, 0.05) is 84.7 Å². The van der Waals surface area contributed by atoms with Crippen LogP contribution in [0.4, 0.5) is 11.4 Å². The number of aromatic hydroxyl groups is 4. The highest BCUT2D eigenvalue weighted by Gasteiger charge is 2.72. The quantitative estimate of drug-likeness (QED) is 0.0590. The Labute approximate surface area is 300 Å². The van der Waals surface area contributed by atoms with Crippen molar-refractivity contribution in [3.8, 4) is 23.0 Å². The van der Waals surface area contributed by atoms with Gasteiger partial charge in [-0.2, -0.15) is 4.48 Å². The summed E-state index contributed by atoms with van der Waals surface area (Å²) in [5.41, 5.74) is 4.78. The van der Waals surface area contributed by atoms with Crippen LogP contribution in [0.25, 0.3) is 21.8 Å². The van der Waals surface area contributed by atoms with E-state index in [2.05, 4.69) is 35.9 Å². The van der Waals surface area contributed by atoms with E-state index in [1.54, 1.807) is 0 Å². The maximum absolute atomic E-state index is 12.1. The van der Waals surface area contributed by atoms with E-state index >= 15 is 0 Å². The summed E-state index contributed by atoms with van der Waals surface area (Å²) in [6.07, 6.45) is 7.69. The van der Waals surface area contributed by atoms with Crippen LogP contribution in [0.5, 0.6) is 23.0 Å². The van der Waals surface area contributed by atoms with Crippen molar-refractivity contribution in [2.24, 2.45) is 24.3 Å². The molecule has 0 saturated heterocycles. The van der Waals surface area contributed by atoms with Gasteiger partial charge in [-0.1, -0.05) is 30.4 Å². The molecule has 2 fully saturated rings. The first kappa shape index (κ1) is 31.4. The number of hydrogen-bond acceptors (Lipinski definition) is 8. The van der Waals surface area contributed by atoms with Crippen molar-refractivity contribution < 1.29 is 20.4 Å². The van der Waals surface area contributed by atoms with Gasteiger partial charge in [0.15, 0.2) is 0 Å². The molecule has 0 spiro atoms. The number of nitrogens with zero attached hydrogens (tertiary/aromatic N) is 5. The minimum Gasteiger partial charge on any atom is -0.508 e. The number of aryl methyl sites for hydroxylation is 3. The lowest BCUT2D eigenvalue weighted by Gasteiger charge is -2.50. The molecule has 0 amide bonds. The van der Waals surface area contributed by atoms with Crippen molar-refractivity contribution in [1.82, 2.24) is 13.6 Å². The third kappa shape index (κ3) is 4.14. The number of quaternary nitrogens is 1. The number of fused-ring (bicyclic) bond motifs is 2. The second-order valence-corrected chi connectivity index (χ2v) is 15.9. The maximum atomic E-state index is 12.1. The summed E-state index contributed by atoms with van der Waals surface area (Å²) >= 11 is 10.5. The zero-order valence-corrected chi connectivity index (χ0v) is 29.7. The molecule has 11 heteroatoms. The van der Waals surface area contributed by atoms with Gasteiger partial charge in [-0.25, -0.2) is 0 Å². The van der Waals surface area contributed by atoms with Crippen molar-refractivity contribution in [1.29, 1.82) is 0 Å². The molecule has 4 aromatic carbocycles. The summed E-state index contributed by atoms with van der Waals surface area (Å²) in [7, 11) is 4.00. The average Bonchev–Trinajstić information content (AvgIpc) is 4.01. The van der Waals surface area contributed by atoms with Crippen LogP contribution in [0.2, 0.25) is 0 Å². The molecule has 2 aliphatic carbocycles. The molecule has 0 bridgehead atoms. The molecule has 4 N–H and O–H groups in total. The first-order valence-corrected chi connectivity index (χ1v) is 17.8. The highest BCUT2D eigenvalue weighted by molar-refractivity contribution is 8.00. The van der Waals surface area contributed by atoms with E-state index in [1.807, 2.05) is 61.3 Å². The smallest absolute Gasteiger partial charge is 0.314 e. The Morgan fingerprint density at radius 1 is 0.680 bits per heavy atom. The molecule has 9 nitrogen and oxygen atoms in total. The van der Waals surface area contributed by atoms with Crippen molar-refractivity contribution in [3.05, 3.63) is 107 Å². The lowest BCUT2D eigenvalue weighted by Crippen LogP contribution is -2.64. The summed E-state index contributed by atoms with van der Waals surface area (Å²) < 4.78 is 2.18. The first-order chi connectivity index (χ1) is 23.9. The van der Waals surface area contributed by atoms with Gasteiger partial charge in [-0.3, -0.25) is 0 Å². The fraction of sp³-hybridized carbons (Fsp3) is 0.282. The molecule has 3 heterocycles.